The van der Waals surface area contributed by atoms with E-state index >= 15 is 0 Å². The highest BCUT2D eigenvalue weighted by Crippen LogP contribution is 2.39. The summed E-state index contributed by atoms with van der Waals surface area (Å²) in [5, 5.41) is 11.1. The molecule has 0 aromatic heterocycles. The summed E-state index contributed by atoms with van der Waals surface area (Å²) in [6, 6.07) is 11.5. The molecule has 2 aromatic rings. The van der Waals surface area contributed by atoms with E-state index in [-0.39, 0.29) is 24.3 Å². The number of ether oxygens (including phenoxy) is 1. The summed E-state index contributed by atoms with van der Waals surface area (Å²) in [6.45, 7) is 0.275. The van der Waals surface area contributed by atoms with Gasteiger partial charge in [0, 0.05) is 5.56 Å². The Kier molecular flexibility index (Phi) is 3.92. The highest BCUT2D eigenvalue weighted by molar-refractivity contribution is 7.89. The molecular formula is C18H19NO5S. The second kappa shape index (κ2) is 6.00. The summed E-state index contributed by atoms with van der Waals surface area (Å²) in [5.74, 6) is -1.07. The van der Waals surface area contributed by atoms with Crippen LogP contribution in [0.4, 0.5) is 0 Å². The van der Waals surface area contributed by atoms with E-state index in [2.05, 4.69) is 4.72 Å². The number of rotatable bonds is 5. The van der Waals surface area contributed by atoms with Gasteiger partial charge in [-0.1, -0.05) is 30.3 Å². The lowest BCUT2D eigenvalue weighted by Crippen LogP contribution is -2.44. The number of benzene rings is 2. The molecule has 1 heterocycles. The van der Waals surface area contributed by atoms with Crippen LogP contribution in [0.25, 0.3) is 10.8 Å². The number of fused-ring (bicyclic) bond motifs is 3. The molecule has 3 atom stereocenters. The van der Waals surface area contributed by atoms with E-state index in [0.29, 0.717) is 12.8 Å². The molecule has 1 saturated carbocycles. The van der Waals surface area contributed by atoms with Crippen molar-refractivity contribution in [2.24, 2.45) is 11.8 Å². The van der Waals surface area contributed by atoms with Crippen LogP contribution in [-0.2, 0) is 21.2 Å². The van der Waals surface area contributed by atoms with Gasteiger partial charge in [-0.3, -0.25) is 4.79 Å². The standard InChI is InChI=1S/C18H19NO5S/c20-18(21)15-7-12(15)10-25(22,23)19-13-8-16-14-4-2-1-3-11(14)5-6-17(16)24-9-13/h1-6,12-13,15,19H,7-10H2,(H,20,21)/t12-,13?,15-/m1/s1. The van der Waals surface area contributed by atoms with Crippen LogP contribution >= 0.6 is 0 Å². The van der Waals surface area contributed by atoms with Gasteiger partial charge in [0.2, 0.25) is 10.0 Å². The molecule has 0 bridgehead atoms. The second-order valence-electron chi connectivity index (χ2n) is 6.82. The van der Waals surface area contributed by atoms with Crippen molar-refractivity contribution >= 4 is 26.8 Å². The van der Waals surface area contributed by atoms with E-state index in [1.54, 1.807) is 0 Å². The van der Waals surface area contributed by atoms with Crippen molar-refractivity contribution in [2.45, 2.75) is 18.9 Å². The summed E-state index contributed by atoms with van der Waals surface area (Å²) in [4.78, 5) is 10.9. The number of nitrogens with one attached hydrogen (secondary N) is 1. The molecule has 1 aliphatic carbocycles. The zero-order chi connectivity index (χ0) is 17.6. The number of sulfonamides is 1. The number of hydrogen-bond acceptors (Lipinski definition) is 4. The molecule has 0 spiro atoms. The van der Waals surface area contributed by atoms with E-state index in [9.17, 15) is 13.2 Å². The summed E-state index contributed by atoms with van der Waals surface area (Å²) in [5.41, 5.74) is 1.01. The molecule has 2 aliphatic rings. The van der Waals surface area contributed by atoms with E-state index in [4.69, 9.17) is 9.84 Å². The van der Waals surface area contributed by atoms with Crippen molar-refractivity contribution in [2.75, 3.05) is 12.4 Å². The predicted octanol–water partition coefficient (Wildman–Crippen LogP) is 1.78. The minimum atomic E-state index is -3.53. The van der Waals surface area contributed by atoms with Crippen LogP contribution in [0.2, 0.25) is 0 Å². The Hall–Kier alpha value is -2.12. The zero-order valence-corrected chi connectivity index (χ0v) is 14.3. The first-order chi connectivity index (χ1) is 11.9. The Morgan fingerprint density at radius 3 is 2.80 bits per heavy atom. The average Bonchev–Trinajstić information content (AvgIpc) is 3.33. The lowest BCUT2D eigenvalue weighted by molar-refractivity contribution is -0.138. The maximum absolute atomic E-state index is 12.3. The third kappa shape index (κ3) is 3.34. The molecule has 25 heavy (non-hydrogen) atoms. The van der Waals surface area contributed by atoms with Crippen molar-refractivity contribution < 1.29 is 23.1 Å². The van der Waals surface area contributed by atoms with Gasteiger partial charge in [-0.2, -0.15) is 0 Å². The molecule has 4 rings (SSSR count). The smallest absolute Gasteiger partial charge is 0.306 e. The minimum Gasteiger partial charge on any atom is -0.492 e. The van der Waals surface area contributed by atoms with Gasteiger partial charge in [0.15, 0.2) is 0 Å². The highest BCUT2D eigenvalue weighted by atomic mass is 32.2. The fraction of sp³-hybridized carbons (Fsp3) is 0.389. The van der Waals surface area contributed by atoms with Crippen LogP contribution in [0.15, 0.2) is 36.4 Å². The van der Waals surface area contributed by atoms with Crippen LogP contribution in [0.3, 0.4) is 0 Å². The average molecular weight is 361 g/mol. The van der Waals surface area contributed by atoms with E-state index in [1.165, 1.54) is 0 Å². The topological polar surface area (TPSA) is 92.7 Å². The van der Waals surface area contributed by atoms with Gasteiger partial charge in [-0.15, -0.1) is 0 Å². The number of carboxylic acids is 1. The molecule has 1 aliphatic heterocycles. The molecule has 132 valence electrons. The maximum Gasteiger partial charge on any atom is 0.306 e. The molecule has 0 amide bonds. The molecule has 2 aromatic carbocycles. The Bertz CT molecular complexity index is 940. The van der Waals surface area contributed by atoms with Gasteiger partial charge in [0.05, 0.1) is 17.7 Å². The van der Waals surface area contributed by atoms with Crippen LogP contribution in [0, 0.1) is 11.8 Å². The van der Waals surface area contributed by atoms with E-state index in [1.807, 2.05) is 36.4 Å². The van der Waals surface area contributed by atoms with Crippen molar-refractivity contribution in [3.63, 3.8) is 0 Å². The fourth-order valence-electron chi connectivity index (χ4n) is 3.55. The number of hydrogen-bond donors (Lipinski definition) is 2. The van der Waals surface area contributed by atoms with Crippen LogP contribution in [0.5, 0.6) is 5.75 Å². The summed E-state index contributed by atoms with van der Waals surface area (Å²) in [6.07, 6.45) is 0.994. The van der Waals surface area contributed by atoms with Crippen LogP contribution in [-0.4, -0.2) is 37.9 Å². The predicted molar refractivity (Wildman–Crippen MR) is 93.1 cm³/mol. The van der Waals surface area contributed by atoms with Gasteiger partial charge in [-0.25, -0.2) is 13.1 Å². The number of aliphatic carboxylic acids is 1. The Balaban J connectivity index is 1.49. The van der Waals surface area contributed by atoms with Gasteiger partial charge in [-0.05, 0) is 35.6 Å². The van der Waals surface area contributed by atoms with E-state index < -0.39 is 21.9 Å². The third-order valence-electron chi connectivity index (χ3n) is 4.91. The van der Waals surface area contributed by atoms with E-state index in [0.717, 1.165) is 22.1 Å². The SMILES string of the molecule is O=C(O)[C@@H]1C[C@@H]1CS(=O)(=O)NC1COc2ccc3ccccc3c2C1. The first kappa shape index (κ1) is 16.4. The monoisotopic (exact) mass is 361 g/mol. The molecule has 0 saturated heterocycles. The molecule has 2 N–H and O–H groups in total. The Morgan fingerprint density at radius 2 is 2.04 bits per heavy atom. The third-order valence-corrected chi connectivity index (χ3v) is 6.47. The zero-order valence-electron chi connectivity index (χ0n) is 13.5. The highest BCUT2D eigenvalue weighted by Gasteiger charge is 2.45. The fourth-order valence-corrected chi connectivity index (χ4v) is 5.24. The Labute approximate surface area is 145 Å². The van der Waals surface area contributed by atoms with Gasteiger partial charge in [0.1, 0.15) is 12.4 Å². The quantitative estimate of drug-likeness (QED) is 0.847. The molecular weight excluding hydrogens is 342 g/mol. The van der Waals surface area contributed by atoms with Gasteiger partial charge >= 0.3 is 5.97 Å². The Morgan fingerprint density at radius 1 is 1.24 bits per heavy atom. The molecule has 7 heteroatoms. The largest absolute Gasteiger partial charge is 0.492 e. The lowest BCUT2D eigenvalue weighted by Gasteiger charge is -2.27. The van der Waals surface area contributed by atoms with Crippen LogP contribution in [0.1, 0.15) is 12.0 Å². The van der Waals surface area contributed by atoms with Gasteiger partial charge in [0.25, 0.3) is 0 Å². The lowest BCUT2D eigenvalue weighted by atomic mass is 9.96. The summed E-state index contributed by atoms with van der Waals surface area (Å²) < 4.78 is 33.1. The summed E-state index contributed by atoms with van der Waals surface area (Å²) >= 11 is 0. The second-order valence-corrected chi connectivity index (χ2v) is 8.61. The number of carboxylic acid groups (broad SMARTS) is 1. The maximum atomic E-state index is 12.3. The first-order valence-corrected chi connectivity index (χ1v) is 9.94. The van der Waals surface area contributed by atoms with Crippen molar-refractivity contribution in [1.29, 1.82) is 0 Å². The van der Waals surface area contributed by atoms with Crippen molar-refractivity contribution in [1.82, 2.24) is 4.72 Å². The van der Waals surface area contributed by atoms with Crippen molar-refractivity contribution in [3.05, 3.63) is 42.0 Å². The normalized spacial score (nSPS) is 25.2. The molecule has 0 radical (unpaired) electrons. The van der Waals surface area contributed by atoms with Gasteiger partial charge < -0.3 is 9.84 Å². The summed E-state index contributed by atoms with van der Waals surface area (Å²) in [7, 11) is -3.53. The molecule has 1 fully saturated rings. The molecule has 1 unspecified atom stereocenters. The first-order valence-electron chi connectivity index (χ1n) is 8.29. The minimum absolute atomic E-state index is 0.136. The van der Waals surface area contributed by atoms with Crippen LogP contribution < -0.4 is 9.46 Å². The molecule has 6 nitrogen and oxygen atoms in total. The van der Waals surface area contributed by atoms with Crippen molar-refractivity contribution in [3.8, 4) is 5.75 Å². The number of carbonyl (C=O) groups is 1.